The summed E-state index contributed by atoms with van der Waals surface area (Å²) in [4.78, 5) is 9.63. The molecule has 2 atom stereocenters. The SMILES string of the molecule is Cc1cc(C)c(-n2c(C)cc(C3C(c4ccccn4)NC(=S)N3CCCN3CCOCC3)c2C)c(C)c1. The minimum Gasteiger partial charge on any atom is -0.379 e. The fourth-order valence-electron chi connectivity index (χ4n) is 6.23. The van der Waals surface area contributed by atoms with E-state index < -0.39 is 0 Å². The Morgan fingerprint density at radius 1 is 1.00 bits per heavy atom. The molecule has 1 aromatic carbocycles. The van der Waals surface area contributed by atoms with Gasteiger partial charge >= 0.3 is 0 Å². The Bertz CT molecular complexity index is 1240. The monoisotopic (exact) mass is 517 g/mol. The van der Waals surface area contributed by atoms with Gasteiger partial charge in [0.1, 0.15) is 0 Å². The normalized spacial score (nSPS) is 20.5. The number of benzene rings is 1. The molecule has 4 heterocycles. The highest BCUT2D eigenvalue weighted by atomic mass is 32.1. The molecule has 2 saturated heterocycles. The van der Waals surface area contributed by atoms with Crippen molar-refractivity contribution >= 4 is 17.3 Å². The number of nitrogens with one attached hydrogen (secondary N) is 1. The summed E-state index contributed by atoms with van der Waals surface area (Å²) in [6.07, 6.45) is 2.93. The lowest BCUT2D eigenvalue weighted by Crippen LogP contribution is -2.39. The Hall–Kier alpha value is -2.74. The molecular weight excluding hydrogens is 478 g/mol. The second-order valence-electron chi connectivity index (χ2n) is 10.5. The number of ether oxygens (including phenoxy) is 1. The molecule has 2 unspecified atom stereocenters. The first-order chi connectivity index (χ1) is 17.8. The lowest BCUT2D eigenvalue weighted by atomic mass is 9.96. The number of morpholine rings is 1. The molecule has 0 saturated carbocycles. The highest BCUT2D eigenvalue weighted by molar-refractivity contribution is 7.80. The fourth-order valence-corrected chi connectivity index (χ4v) is 6.56. The first-order valence-electron chi connectivity index (χ1n) is 13.4. The van der Waals surface area contributed by atoms with Crippen LogP contribution in [0.4, 0.5) is 0 Å². The Morgan fingerprint density at radius 3 is 2.41 bits per heavy atom. The lowest BCUT2D eigenvalue weighted by molar-refractivity contribution is 0.0365. The molecule has 37 heavy (non-hydrogen) atoms. The van der Waals surface area contributed by atoms with Crippen molar-refractivity contribution in [1.82, 2.24) is 24.7 Å². The molecule has 0 aliphatic carbocycles. The van der Waals surface area contributed by atoms with E-state index in [0.717, 1.165) is 56.6 Å². The fraction of sp³-hybridized carbons (Fsp3) is 0.467. The van der Waals surface area contributed by atoms with Crippen LogP contribution in [0.2, 0.25) is 0 Å². The van der Waals surface area contributed by atoms with Crippen LogP contribution in [0.5, 0.6) is 0 Å². The summed E-state index contributed by atoms with van der Waals surface area (Å²) in [6, 6.07) is 13.2. The van der Waals surface area contributed by atoms with Gasteiger partial charge in [-0.15, -0.1) is 0 Å². The molecule has 0 spiro atoms. The van der Waals surface area contributed by atoms with E-state index in [9.17, 15) is 0 Å². The van der Waals surface area contributed by atoms with Gasteiger partial charge in [0, 0.05) is 43.8 Å². The maximum Gasteiger partial charge on any atom is 0.170 e. The zero-order chi connectivity index (χ0) is 26.1. The smallest absolute Gasteiger partial charge is 0.170 e. The zero-order valence-corrected chi connectivity index (χ0v) is 23.6. The second-order valence-corrected chi connectivity index (χ2v) is 10.9. The summed E-state index contributed by atoms with van der Waals surface area (Å²) in [5.41, 5.74) is 10.0. The van der Waals surface area contributed by atoms with Crippen LogP contribution in [0.1, 0.15) is 57.8 Å². The van der Waals surface area contributed by atoms with Gasteiger partial charge in [0.2, 0.25) is 0 Å². The number of nitrogens with zero attached hydrogens (tertiary/aromatic N) is 4. The van der Waals surface area contributed by atoms with Crippen molar-refractivity contribution in [1.29, 1.82) is 0 Å². The maximum atomic E-state index is 5.94. The number of pyridine rings is 1. The molecule has 6 nitrogen and oxygen atoms in total. The van der Waals surface area contributed by atoms with Crippen molar-refractivity contribution in [3.05, 3.63) is 81.9 Å². The number of hydrogen-bond acceptors (Lipinski definition) is 4. The van der Waals surface area contributed by atoms with Crippen LogP contribution in [-0.2, 0) is 4.74 Å². The van der Waals surface area contributed by atoms with E-state index in [1.807, 2.05) is 12.3 Å². The molecule has 5 rings (SSSR count). The van der Waals surface area contributed by atoms with Crippen molar-refractivity contribution in [2.45, 2.75) is 53.1 Å². The Morgan fingerprint density at radius 2 is 1.73 bits per heavy atom. The van der Waals surface area contributed by atoms with Gasteiger partial charge in [-0.1, -0.05) is 23.8 Å². The predicted molar refractivity (Wildman–Crippen MR) is 153 cm³/mol. The van der Waals surface area contributed by atoms with Crippen LogP contribution in [-0.4, -0.2) is 63.9 Å². The lowest BCUT2D eigenvalue weighted by Gasteiger charge is -2.30. The van der Waals surface area contributed by atoms with E-state index in [4.69, 9.17) is 21.9 Å². The summed E-state index contributed by atoms with van der Waals surface area (Å²) in [5, 5.41) is 4.45. The largest absolute Gasteiger partial charge is 0.379 e. The molecule has 0 bridgehead atoms. The third-order valence-corrected chi connectivity index (χ3v) is 8.18. The molecule has 0 amide bonds. The number of thiocarbonyl (C=S) groups is 1. The molecule has 7 heteroatoms. The van der Waals surface area contributed by atoms with Gasteiger partial charge < -0.3 is 19.5 Å². The van der Waals surface area contributed by atoms with Crippen LogP contribution in [0.15, 0.2) is 42.6 Å². The van der Waals surface area contributed by atoms with Crippen LogP contribution in [0, 0.1) is 34.6 Å². The van der Waals surface area contributed by atoms with Crippen molar-refractivity contribution in [3.8, 4) is 5.69 Å². The summed E-state index contributed by atoms with van der Waals surface area (Å²) >= 11 is 5.94. The van der Waals surface area contributed by atoms with Gasteiger partial charge in [0.25, 0.3) is 0 Å². The van der Waals surface area contributed by atoms with Gasteiger partial charge in [-0.05, 0) is 88.1 Å². The van der Waals surface area contributed by atoms with E-state index in [1.165, 1.54) is 39.3 Å². The Balaban J connectivity index is 1.51. The summed E-state index contributed by atoms with van der Waals surface area (Å²) in [6.45, 7) is 16.7. The first-order valence-corrected chi connectivity index (χ1v) is 13.8. The molecule has 196 valence electrons. The van der Waals surface area contributed by atoms with Crippen molar-refractivity contribution in [2.24, 2.45) is 0 Å². The van der Waals surface area contributed by atoms with Gasteiger partial charge in [0.15, 0.2) is 5.11 Å². The maximum absolute atomic E-state index is 5.94. The summed E-state index contributed by atoms with van der Waals surface area (Å²) in [5.74, 6) is 0. The van der Waals surface area contributed by atoms with Gasteiger partial charge in [-0.3, -0.25) is 9.88 Å². The Labute approximate surface area is 226 Å². The molecule has 2 aliphatic heterocycles. The number of aryl methyl sites for hydroxylation is 4. The van der Waals surface area contributed by atoms with Crippen LogP contribution in [0.25, 0.3) is 5.69 Å². The zero-order valence-electron chi connectivity index (χ0n) is 22.8. The summed E-state index contributed by atoms with van der Waals surface area (Å²) < 4.78 is 7.96. The number of hydrogen-bond donors (Lipinski definition) is 1. The molecular formula is C30H39N5OS. The van der Waals surface area contributed by atoms with E-state index >= 15 is 0 Å². The molecule has 2 fully saturated rings. The van der Waals surface area contributed by atoms with E-state index in [2.05, 4.69) is 84.6 Å². The summed E-state index contributed by atoms with van der Waals surface area (Å²) in [7, 11) is 0. The van der Waals surface area contributed by atoms with Crippen molar-refractivity contribution in [2.75, 3.05) is 39.4 Å². The van der Waals surface area contributed by atoms with Crippen LogP contribution >= 0.6 is 12.2 Å². The topological polar surface area (TPSA) is 45.6 Å². The minimum absolute atomic E-state index is 0.00579. The quantitative estimate of drug-likeness (QED) is 0.440. The van der Waals surface area contributed by atoms with Gasteiger partial charge in [-0.2, -0.15) is 0 Å². The van der Waals surface area contributed by atoms with Gasteiger partial charge in [-0.25, -0.2) is 0 Å². The molecule has 2 aromatic heterocycles. The number of aromatic nitrogens is 2. The van der Waals surface area contributed by atoms with Crippen LogP contribution < -0.4 is 5.32 Å². The molecule has 2 aliphatic rings. The highest BCUT2D eigenvalue weighted by Crippen LogP contribution is 2.42. The standard InChI is InChI=1S/C30H39N5OS/c1-20-17-21(2)28(22(3)18-20)35-23(4)19-25(24(35)5)29-27(26-9-6-7-10-31-26)32-30(37)34(29)12-8-11-33-13-15-36-16-14-33/h6-7,9-10,17-19,27,29H,8,11-16H2,1-5H3,(H,32,37). The van der Waals surface area contributed by atoms with E-state index in [0.29, 0.717) is 0 Å². The first kappa shape index (κ1) is 25.9. The van der Waals surface area contributed by atoms with E-state index in [1.54, 1.807) is 0 Å². The third-order valence-electron chi connectivity index (χ3n) is 7.82. The molecule has 3 aromatic rings. The van der Waals surface area contributed by atoms with Crippen LogP contribution in [0.3, 0.4) is 0 Å². The number of rotatable bonds is 7. The molecule has 0 radical (unpaired) electrons. The van der Waals surface area contributed by atoms with E-state index in [-0.39, 0.29) is 12.1 Å². The third kappa shape index (κ3) is 5.17. The minimum atomic E-state index is 0.00579. The average molecular weight is 518 g/mol. The molecule has 1 N–H and O–H groups in total. The van der Waals surface area contributed by atoms with Gasteiger partial charge in [0.05, 0.1) is 36.7 Å². The highest BCUT2D eigenvalue weighted by Gasteiger charge is 2.41. The van der Waals surface area contributed by atoms with Crippen molar-refractivity contribution < 1.29 is 4.74 Å². The average Bonchev–Trinajstić information content (AvgIpc) is 3.35. The predicted octanol–water partition coefficient (Wildman–Crippen LogP) is 5.11. The van der Waals surface area contributed by atoms with Crippen molar-refractivity contribution in [3.63, 3.8) is 0 Å². The second kappa shape index (κ2) is 10.9. The Kier molecular flexibility index (Phi) is 7.65.